The van der Waals surface area contributed by atoms with Crippen LogP contribution in [0, 0.1) is 11.8 Å². The summed E-state index contributed by atoms with van der Waals surface area (Å²) in [6.45, 7) is 2.80. The molecule has 1 aliphatic rings. The first-order valence-corrected chi connectivity index (χ1v) is 6.80. The SMILES string of the molecule is CC(CCCO)NC(=O)C1CCCCC1CN. The Morgan fingerprint density at radius 3 is 2.82 bits per heavy atom. The molecule has 4 heteroatoms. The van der Waals surface area contributed by atoms with Gasteiger partial charge in [-0.3, -0.25) is 4.79 Å². The topological polar surface area (TPSA) is 75.3 Å². The zero-order valence-electron chi connectivity index (χ0n) is 10.8. The van der Waals surface area contributed by atoms with Crippen molar-refractivity contribution < 1.29 is 9.90 Å². The molecule has 100 valence electrons. The van der Waals surface area contributed by atoms with Crippen molar-refractivity contribution >= 4 is 5.91 Å². The van der Waals surface area contributed by atoms with Crippen LogP contribution in [0.25, 0.3) is 0 Å². The normalized spacial score (nSPS) is 26.5. The molecule has 1 aliphatic carbocycles. The van der Waals surface area contributed by atoms with Crippen LogP contribution in [0.5, 0.6) is 0 Å². The molecule has 0 aromatic heterocycles. The van der Waals surface area contributed by atoms with E-state index in [1.807, 2.05) is 6.92 Å². The molecule has 0 saturated heterocycles. The molecule has 0 heterocycles. The van der Waals surface area contributed by atoms with Gasteiger partial charge in [0, 0.05) is 18.6 Å². The number of nitrogens with two attached hydrogens (primary N) is 1. The molecule has 4 nitrogen and oxygen atoms in total. The molecular weight excluding hydrogens is 216 g/mol. The molecule has 1 fully saturated rings. The van der Waals surface area contributed by atoms with E-state index in [4.69, 9.17) is 10.8 Å². The van der Waals surface area contributed by atoms with Crippen LogP contribution in [0.15, 0.2) is 0 Å². The molecule has 1 saturated carbocycles. The second kappa shape index (κ2) is 7.67. The largest absolute Gasteiger partial charge is 0.396 e. The zero-order valence-corrected chi connectivity index (χ0v) is 10.8. The highest BCUT2D eigenvalue weighted by Crippen LogP contribution is 2.29. The Kier molecular flexibility index (Phi) is 6.52. The Morgan fingerprint density at radius 1 is 1.47 bits per heavy atom. The molecule has 17 heavy (non-hydrogen) atoms. The molecule has 4 N–H and O–H groups in total. The number of carbonyl (C=O) groups is 1. The third-order valence-corrected chi connectivity index (χ3v) is 3.73. The third kappa shape index (κ3) is 4.64. The lowest BCUT2D eigenvalue weighted by Crippen LogP contribution is -2.42. The van der Waals surface area contributed by atoms with Crippen LogP contribution >= 0.6 is 0 Å². The minimum absolute atomic E-state index is 0.102. The third-order valence-electron chi connectivity index (χ3n) is 3.73. The van der Waals surface area contributed by atoms with Gasteiger partial charge in [0.15, 0.2) is 0 Å². The first-order valence-electron chi connectivity index (χ1n) is 6.80. The van der Waals surface area contributed by atoms with E-state index in [1.165, 1.54) is 6.42 Å². The Morgan fingerprint density at radius 2 is 2.18 bits per heavy atom. The van der Waals surface area contributed by atoms with Gasteiger partial charge in [0.1, 0.15) is 0 Å². The summed E-state index contributed by atoms with van der Waals surface area (Å²) in [4.78, 5) is 12.1. The van der Waals surface area contributed by atoms with Crippen molar-refractivity contribution in [2.24, 2.45) is 17.6 Å². The van der Waals surface area contributed by atoms with E-state index in [1.54, 1.807) is 0 Å². The van der Waals surface area contributed by atoms with E-state index in [9.17, 15) is 4.79 Å². The lowest BCUT2D eigenvalue weighted by molar-refractivity contribution is -0.128. The van der Waals surface area contributed by atoms with Gasteiger partial charge in [0.2, 0.25) is 5.91 Å². The van der Waals surface area contributed by atoms with Crippen molar-refractivity contribution in [3.8, 4) is 0 Å². The fourth-order valence-electron chi connectivity index (χ4n) is 2.65. The van der Waals surface area contributed by atoms with Crippen molar-refractivity contribution in [3.05, 3.63) is 0 Å². The molecule has 3 unspecified atom stereocenters. The summed E-state index contributed by atoms with van der Waals surface area (Å²) < 4.78 is 0. The van der Waals surface area contributed by atoms with Gasteiger partial charge >= 0.3 is 0 Å². The molecule has 0 spiro atoms. The van der Waals surface area contributed by atoms with Gasteiger partial charge in [-0.15, -0.1) is 0 Å². The van der Waals surface area contributed by atoms with Gasteiger partial charge in [-0.2, -0.15) is 0 Å². The van der Waals surface area contributed by atoms with E-state index < -0.39 is 0 Å². The lowest BCUT2D eigenvalue weighted by atomic mass is 9.78. The maximum atomic E-state index is 12.1. The predicted molar refractivity (Wildman–Crippen MR) is 68.4 cm³/mol. The highest BCUT2D eigenvalue weighted by molar-refractivity contribution is 5.79. The molecule has 0 aromatic carbocycles. The highest BCUT2D eigenvalue weighted by atomic mass is 16.2. The first kappa shape index (κ1) is 14.5. The number of rotatable bonds is 6. The van der Waals surface area contributed by atoms with E-state index in [2.05, 4.69) is 5.32 Å². The Balaban J connectivity index is 2.39. The quantitative estimate of drug-likeness (QED) is 0.651. The molecular formula is C13H26N2O2. The van der Waals surface area contributed by atoms with E-state index >= 15 is 0 Å². The van der Waals surface area contributed by atoms with E-state index in [0.717, 1.165) is 32.1 Å². The van der Waals surface area contributed by atoms with Gasteiger partial charge in [-0.1, -0.05) is 12.8 Å². The summed E-state index contributed by atoms with van der Waals surface area (Å²) in [5.74, 6) is 0.615. The minimum Gasteiger partial charge on any atom is -0.396 e. The Hall–Kier alpha value is -0.610. The van der Waals surface area contributed by atoms with Crippen molar-refractivity contribution in [1.82, 2.24) is 5.32 Å². The van der Waals surface area contributed by atoms with Crippen molar-refractivity contribution in [3.63, 3.8) is 0 Å². The summed E-state index contributed by atoms with van der Waals surface area (Å²) in [6, 6.07) is 0.148. The summed E-state index contributed by atoms with van der Waals surface area (Å²) in [5.41, 5.74) is 5.73. The van der Waals surface area contributed by atoms with Crippen molar-refractivity contribution in [2.45, 2.75) is 51.5 Å². The highest BCUT2D eigenvalue weighted by Gasteiger charge is 2.30. The Labute approximate surface area is 104 Å². The van der Waals surface area contributed by atoms with Crippen molar-refractivity contribution in [1.29, 1.82) is 0 Å². The smallest absolute Gasteiger partial charge is 0.223 e. The van der Waals surface area contributed by atoms with Crippen LogP contribution in [-0.2, 0) is 4.79 Å². The zero-order chi connectivity index (χ0) is 12.7. The second-order valence-corrected chi connectivity index (χ2v) is 5.16. The Bertz CT molecular complexity index is 233. The lowest BCUT2D eigenvalue weighted by Gasteiger charge is -2.30. The number of nitrogens with one attached hydrogen (secondary N) is 1. The number of aliphatic hydroxyl groups is 1. The maximum Gasteiger partial charge on any atom is 0.223 e. The number of hydrogen-bond acceptors (Lipinski definition) is 3. The monoisotopic (exact) mass is 242 g/mol. The number of aliphatic hydroxyl groups excluding tert-OH is 1. The predicted octanol–water partition coefficient (Wildman–Crippen LogP) is 1.03. The fraction of sp³-hybridized carbons (Fsp3) is 0.923. The van der Waals surface area contributed by atoms with Crippen LogP contribution in [0.1, 0.15) is 45.4 Å². The number of amides is 1. The molecule has 0 aromatic rings. The van der Waals surface area contributed by atoms with Crippen LogP contribution in [0.3, 0.4) is 0 Å². The average Bonchev–Trinajstić information content (AvgIpc) is 2.36. The summed E-state index contributed by atoms with van der Waals surface area (Å²) in [5, 5.41) is 11.8. The summed E-state index contributed by atoms with van der Waals surface area (Å²) >= 11 is 0. The fourth-order valence-corrected chi connectivity index (χ4v) is 2.65. The summed E-state index contributed by atoms with van der Waals surface area (Å²) in [6.07, 6.45) is 5.97. The van der Waals surface area contributed by atoms with Crippen LogP contribution in [-0.4, -0.2) is 30.2 Å². The molecule has 0 aliphatic heterocycles. The molecule has 3 atom stereocenters. The number of hydrogen-bond donors (Lipinski definition) is 3. The van der Waals surface area contributed by atoms with Crippen LogP contribution in [0.2, 0.25) is 0 Å². The molecule has 0 bridgehead atoms. The van der Waals surface area contributed by atoms with Gasteiger partial charge in [0.05, 0.1) is 0 Å². The second-order valence-electron chi connectivity index (χ2n) is 5.16. The van der Waals surface area contributed by atoms with Crippen LogP contribution < -0.4 is 11.1 Å². The minimum atomic E-state index is 0.102. The molecule has 1 rings (SSSR count). The van der Waals surface area contributed by atoms with E-state index in [0.29, 0.717) is 12.5 Å². The van der Waals surface area contributed by atoms with Gasteiger partial charge in [-0.25, -0.2) is 0 Å². The average molecular weight is 242 g/mol. The maximum absolute atomic E-state index is 12.1. The van der Waals surface area contributed by atoms with E-state index in [-0.39, 0.29) is 24.5 Å². The van der Waals surface area contributed by atoms with Crippen LogP contribution in [0.4, 0.5) is 0 Å². The first-order chi connectivity index (χ1) is 8.19. The summed E-state index contributed by atoms with van der Waals surface area (Å²) in [7, 11) is 0. The van der Waals surface area contributed by atoms with Gasteiger partial charge in [0.25, 0.3) is 0 Å². The van der Waals surface area contributed by atoms with Gasteiger partial charge < -0.3 is 16.2 Å². The standard InChI is InChI=1S/C13H26N2O2/c1-10(5-4-8-16)15-13(17)12-7-3-2-6-11(12)9-14/h10-12,16H,2-9,14H2,1H3,(H,15,17). The number of carbonyl (C=O) groups excluding carboxylic acids is 1. The van der Waals surface area contributed by atoms with Crippen molar-refractivity contribution in [2.75, 3.05) is 13.2 Å². The molecule has 1 amide bonds. The van der Waals surface area contributed by atoms with Gasteiger partial charge in [-0.05, 0) is 45.1 Å². The molecule has 0 radical (unpaired) electrons.